The van der Waals surface area contributed by atoms with E-state index in [-0.39, 0.29) is 11.7 Å². The first-order chi connectivity index (χ1) is 13.2. The minimum atomic E-state index is -0.267. The van der Waals surface area contributed by atoms with E-state index in [4.69, 9.17) is 10.5 Å². The molecule has 0 atom stereocenters. The number of rotatable bonds is 8. The predicted octanol–water partition coefficient (Wildman–Crippen LogP) is 0.603. The van der Waals surface area contributed by atoms with Crippen LogP contribution < -0.4 is 10.5 Å². The molecular formula is C18H25FN6O2. The molecule has 1 aliphatic heterocycles. The molecule has 9 heteroatoms. The minimum Gasteiger partial charge on any atom is -0.494 e. The van der Waals surface area contributed by atoms with Crippen LogP contribution in [0, 0.1) is 5.82 Å². The molecule has 0 unspecified atom stereocenters. The van der Waals surface area contributed by atoms with Crippen molar-refractivity contribution in [1.29, 1.82) is 0 Å². The van der Waals surface area contributed by atoms with Gasteiger partial charge in [0.25, 0.3) is 5.91 Å². The van der Waals surface area contributed by atoms with E-state index < -0.39 is 0 Å². The molecule has 3 rings (SSSR count). The van der Waals surface area contributed by atoms with Crippen molar-refractivity contribution in [3.63, 3.8) is 0 Å². The Morgan fingerprint density at radius 2 is 1.89 bits per heavy atom. The van der Waals surface area contributed by atoms with Crippen LogP contribution in [0.1, 0.15) is 16.9 Å². The third kappa shape index (κ3) is 5.48. The molecule has 0 spiro atoms. The Morgan fingerprint density at radius 3 is 2.59 bits per heavy atom. The molecule has 0 bridgehead atoms. The highest BCUT2D eigenvalue weighted by Gasteiger charge is 2.23. The summed E-state index contributed by atoms with van der Waals surface area (Å²) >= 11 is 0. The van der Waals surface area contributed by atoms with Gasteiger partial charge in [0.15, 0.2) is 5.69 Å². The fourth-order valence-electron chi connectivity index (χ4n) is 2.98. The Morgan fingerprint density at radius 1 is 1.15 bits per heavy atom. The lowest BCUT2D eigenvalue weighted by Gasteiger charge is -2.34. The zero-order chi connectivity index (χ0) is 19.1. The lowest BCUT2D eigenvalue weighted by Crippen LogP contribution is -2.49. The smallest absolute Gasteiger partial charge is 0.276 e. The summed E-state index contributed by atoms with van der Waals surface area (Å²) in [5.41, 5.74) is 5.84. The van der Waals surface area contributed by atoms with Crippen LogP contribution in [0.25, 0.3) is 0 Å². The SMILES string of the molecule is NCCn1cc(C(=O)N2CCN(CCCOc3ccc(F)cc3)CC2)nn1. The second kappa shape index (κ2) is 9.43. The van der Waals surface area contributed by atoms with Gasteiger partial charge in [0.05, 0.1) is 19.3 Å². The van der Waals surface area contributed by atoms with Crippen LogP contribution in [0.3, 0.4) is 0 Å². The van der Waals surface area contributed by atoms with Gasteiger partial charge in [-0.2, -0.15) is 0 Å². The highest BCUT2D eigenvalue weighted by Crippen LogP contribution is 2.12. The molecule has 146 valence electrons. The van der Waals surface area contributed by atoms with E-state index >= 15 is 0 Å². The molecule has 2 heterocycles. The molecule has 1 aromatic carbocycles. The van der Waals surface area contributed by atoms with E-state index in [0.717, 1.165) is 26.1 Å². The first-order valence-electron chi connectivity index (χ1n) is 9.16. The van der Waals surface area contributed by atoms with Gasteiger partial charge in [0, 0.05) is 39.3 Å². The number of amides is 1. The number of ether oxygens (including phenoxy) is 1. The third-order valence-corrected chi connectivity index (χ3v) is 4.48. The predicted molar refractivity (Wildman–Crippen MR) is 97.9 cm³/mol. The van der Waals surface area contributed by atoms with Crippen LogP contribution >= 0.6 is 0 Å². The van der Waals surface area contributed by atoms with Gasteiger partial charge < -0.3 is 15.4 Å². The number of carbonyl (C=O) groups is 1. The van der Waals surface area contributed by atoms with Gasteiger partial charge in [-0.25, -0.2) is 4.39 Å². The van der Waals surface area contributed by atoms with Crippen molar-refractivity contribution < 1.29 is 13.9 Å². The number of piperazine rings is 1. The van der Waals surface area contributed by atoms with Crippen molar-refractivity contribution in [2.45, 2.75) is 13.0 Å². The van der Waals surface area contributed by atoms with E-state index in [0.29, 0.717) is 44.2 Å². The maximum atomic E-state index is 12.8. The first-order valence-corrected chi connectivity index (χ1v) is 9.16. The Labute approximate surface area is 157 Å². The fourth-order valence-corrected chi connectivity index (χ4v) is 2.98. The Balaban J connectivity index is 1.35. The maximum Gasteiger partial charge on any atom is 0.276 e. The standard InChI is InChI=1S/C18H25FN6O2/c19-15-2-4-16(5-3-15)27-13-1-7-23-9-11-24(12-10-23)18(26)17-14-25(8-6-20)22-21-17/h2-5,14H,1,6-13,20H2. The summed E-state index contributed by atoms with van der Waals surface area (Å²) in [6.07, 6.45) is 2.52. The number of halogens is 1. The van der Waals surface area contributed by atoms with Gasteiger partial charge in [-0.05, 0) is 30.7 Å². The van der Waals surface area contributed by atoms with Gasteiger partial charge in [-0.1, -0.05) is 5.21 Å². The summed E-state index contributed by atoms with van der Waals surface area (Å²) in [4.78, 5) is 16.6. The molecule has 2 N–H and O–H groups in total. The van der Waals surface area contributed by atoms with Crippen molar-refractivity contribution in [2.24, 2.45) is 5.73 Å². The first kappa shape index (κ1) is 19.2. The Kier molecular flexibility index (Phi) is 6.72. The summed E-state index contributed by atoms with van der Waals surface area (Å²) in [5, 5.41) is 7.85. The summed E-state index contributed by atoms with van der Waals surface area (Å²) in [7, 11) is 0. The molecule has 1 aromatic heterocycles. The van der Waals surface area contributed by atoms with Crippen LogP contribution in [0.5, 0.6) is 5.75 Å². The summed E-state index contributed by atoms with van der Waals surface area (Å²) in [5.74, 6) is 0.323. The Hall–Kier alpha value is -2.52. The van der Waals surface area contributed by atoms with E-state index in [2.05, 4.69) is 15.2 Å². The Bertz CT molecular complexity index is 728. The average molecular weight is 376 g/mol. The van der Waals surface area contributed by atoms with Crippen molar-refractivity contribution >= 4 is 5.91 Å². The average Bonchev–Trinajstić information content (AvgIpc) is 3.15. The molecule has 1 fully saturated rings. The second-order valence-electron chi connectivity index (χ2n) is 6.45. The second-order valence-corrected chi connectivity index (χ2v) is 6.45. The molecule has 8 nitrogen and oxygen atoms in total. The van der Waals surface area contributed by atoms with E-state index in [9.17, 15) is 9.18 Å². The molecule has 0 aliphatic carbocycles. The number of hydrogen-bond acceptors (Lipinski definition) is 6. The van der Waals surface area contributed by atoms with Crippen molar-refractivity contribution in [1.82, 2.24) is 24.8 Å². The normalized spacial score (nSPS) is 15.1. The lowest BCUT2D eigenvalue weighted by atomic mass is 10.2. The van der Waals surface area contributed by atoms with Gasteiger partial charge >= 0.3 is 0 Å². The number of carbonyl (C=O) groups excluding carboxylic acids is 1. The number of hydrogen-bond donors (Lipinski definition) is 1. The van der Waals surface area contributed by atoms with E-state index in [1.165, 1.54) is 12.1 Å². The van der Waals surface area contributed by atoms with Crippen LogP contribution in [0.15, 0.2) is 30.5 Å². The number of aromatic nitrogens is 3. The monoisotopic (exact) mass is 376 g/mol. The fraction of sp³-hybridized carbons (Fsp3) is 0.500. The van der Waals surface area contributed by atoms with Crippen molar-refractivity contribution in [3.05, 3.63) is 42.0 Å². The van der Waals surface area contributed by atoms with Crippen LogP contribution in [-0.2, 0) is 6.54 Å². The molecule has 27 heavy (non-hydrogen) atoms. The third-order valence-electron chi connectivity index (χ3n) is 4.48. The molecule has 0 radical (unpaired) electrons. The zero-order valence-corrected chi connectivity index (χ0v) is 15.3. The molecule has 1 saturated heterocycles. The summed E-state index contributed by atoms with van der Waals surface area (Å²) in [6, 6.07) is 6.03. The number of benzene rings is 1. The van der Waals surface area contributed by atoms with Crippen molar-refractivity contribution in [2.75, 3.05) is 45.9 Å². The van der Waals surface area contributed by atoms with Gasteiger partial charge in [0.1, 0.15) is 11.6 Å². The maximum absolute atomic E-state index is 12.8. The topological polar surface area (TPSA) is 89.5 Å². The largest absolute Gasteiger partial charge is 0.494 e. The molecule has 1 amide bonds. The zero-order valence-electron chi connectivity index (χ0n) is 15.3. The van der Waals surface area contributed by atoms with Crippen LogP contribution in [0.2, 0.25) is 0 Å². The summed E-state index contributed by atoms with van der Waals surface area (Å²) < 4.78 is 20.0. The molecular weight excluding hydrogens is 351 g/mol. The minimum absolute atomic E-state index is 0.0856. The van der Waals surface area contributed by atoms with Gasteiger partial charge in [-0.3, -0.25) is 14.4 Å². The molecule has 1 aliphatic rings. The number of nitrogens with two attached hydrogens (primary N) is 1. The quantitative estimate of drug-likeness (QED) is 0.679. The van der Waals surface area contributed by atoms with Crippen molar-refractivity contribution in [3.8, 4) is 5.75 Å². The highest BCUT2D eigenvalue weighted by atomic mass is 19.1. The van der Waals surface area contributed by atoms with Gasteiger partial charge in [-0.15, -0.1) is 5.10 Å². The molecule has 0 saturated carbocycles. The van der Waals surface area contributed by atoms with Gasteiger partial charge in [0.2, 0.25) is 0 Å². The summed E-state index contributed by atoms with van der Waals surface area (Å²) in [6.45, 7) is 5.46. The van der Waals surface area contributed by atoms with E-state index in [1.54, 1.807) is 23.0 Å². The number of nitrogens with zero attached hydrogens (tertiary/aromatic N) is 5. The van der Waals surface area contributed by atoms with E-state index in [1.807, 2.05) is 4.90 Å². The lowest BCUT2D eigenvalue weighted by molar-refractivity contribution is 0.0625. The molecule has 2 aromatic rings. The van der Waals surface area contributed by atoms with Crippen LogP contribution in [0.4, 0.5) is 4.39 Å². The van der Waals surface area contributed by atoms with Crippen LogP contribution in [-0.4, -0.2) is 76.6 Å². The highest BCUT2D eigenvalue weighted by molar-refractivity contribution is 5.92.